The molecule has 0 spiro atoms. The lowest BCUT2D eigenvalue weighted by atomic mass is 10.0. The van der Waals surface area contributed by atoms with E-state index in [4.69, 9.17) is 4.74 Å². The van der Waals surface area contributed by atoms with Crippen LogP contribution >= 0.6 is 0 Å². The van der Waals surface area contributed by atoms with Gasteiger partial charge in [-0.1, -0.05) is 43.0 Å². The summed E-state index contributed by atoms with van der Waals surface area (Å²) in [6.07, 6.45) is 1.52. The molecule has 3 nitrogen and oxygen atoms in total. The van der Waals surface area contributed by atoms with Gasteiger partial charge in [0, 0.05) is 11.1 Å². The van der Waals surface area contributed by atoms with E-state index in [-0.39, 0.29) is 18.0 Å². The molecule has 2 aromatic carbocycles. The van der Waals surface area contributed by atoms with E-state index in [9.17, 15) is 9.59 Å². The highest BCUT2D eigenvalue weighted by atomic mass is 16.5. The smallest absolute Gasteiger partial charge is 0.170 e. The van der Waals surface area contributed by atoms with E-state index in [0.717, 1.165) is 0 Å². The van der Waals surface area contributed by atoms with Gasteiger partial charge in [0.15, 0.2) is 11.6 Å². The summed E-state index contributed by atoms with van der Waals surface area (Å²) in [6.45, 7) is 3.98. The van der Waals surface area contributed by atoms with E-state index < -0.39 is 0 Å². The van der Waals surface area contributed by atoms with Gasteiger partial charge in [0.1, 0.15) is 12.4 Å². The van der Waals surface area contributed by atoms with Gasteiger partial charge in [0.05, 0.1) is 6.42 Å². The lowest BCUT2D eigenvalue weighted by molar-refractivity contribution is 0.0894. The first-order valence-corrected chi connectivity index (χ1v) is 6.66. The number of ether oxygens (including phenoxy) is 1. The Balaban J connectivity index is 2.00. The van der Waals surface area contributed by atoms with Gasteiger partial charge in [-0.15, -0.1) is 0 Å². The van der Waals surface area contributed by atoms with Crippen molar-refractivity contribution in [2.24, 2.45) is 0 Å². The Labute approximate surface area is 123 Å². The average molecular weight is 280 g/mol. The molecule has 0 saturated carbocycles. The van der Waals surface area contributed by atoms with Gasteiger partial charge in [0.2, 0.25) is 0 Å². The highest BCUT2D eigenvalue weighted by molar-refractivity contribution is 6.13. The summed E-state index contributed by atoms with van der Waals surface area (Å²) >= 11 is 0. The van der Waals surface area contributed by atoms with E-state index in [1.807, 2.05) is 6.07 Å². The molecular weight excluding hydrogens is 264 g/mol. The van der Waals surface area contributed by atoms with Crippen molar-refractivity contribution in [2.45, 2.75) is 6.42 Å². The molecule has 106 valence electrons. The van der Waals surface area contributed by atoms with Crippen molar-refractivity contribution >= 4 is 11.6 Å². The number of hydrogen-bond acceptors (Lipinski definition) is 3. The molecule has 0 fully saturated rings. The van der Waals surface area contributed by atoms with Crippen LogP contribution in [0, 0.1) is 0 Å². The first-order valence-electron chi connectivity index (χ1n) is 6.66. The van der Waals surface area contributed by atoms with E-state index in [2.05, 4.69) is 6.58 Å². The van der Waals surface area contributed by atoms with Gasteiger partial charge in [-0.05, 0) is 24.3 Å². The Hall–Kier alpha value is -2.68. The second-order valence-corrected chi connectivity index (χ2v) is 4.51. The van der Waals surface area contributed by atoms with Gasteiger partial charge in [-0.25, -0.2) is 0 Å². The van der Waals surface area contributed by atoms with Crippen molar-refractivity contribution in [1.82, 2.24) is 0 Å². The second kappa shape index (κ2) is 7.20. The predicted octanol–water partition coefficient (Wildman–Crippen LogP) is 3.71. The van der Waals surface area contributed by atoms with Crippen LogP contribution in [-0.2, 0) is 0 Å². The van der Waals surface area contributed by atoms with Crippen LogP contribution in [-0.4, -0.2) is 18.2 Å². The lowest BCUT2D eigenvalue weighted by Crippen LogP contribution is -2.08. The molecule has 0 aromatic heterocycles. The number of rotatable bonds is 7. The molecule has 0 aliphatic heterocycles. The molecule has 0 heterocycles. The fraction of sp³-hybridized carbons (Fsp3) is 0.111. The molecule has 0 amide bonds. The first-order chi connectivity index (χ1) is 10.2. The zero-order chi connectivity index (χ0) is 15.1. The minimum atomic E-state index is -0.195. The van der Waals surface area contributed by atoms with E-state index in [0.29, 0.717) is 23.5 Å². The van der Waals surface area contributed by atoms with Crippen molar-refractivity contribution in [2.75, 3.05) is 6.61 Å². The second-order valence-electron chi connectivity index (χ2n) is 4.51. The van der Waals surface area contributed by atoms with Crippen LogP contribution in [0.2, 0.25) is 0 Å². The summed E-state index contributed by atoms with van der Waals surface area (Å²) in [4.78, 5) is 24.1. The zero-order valence-corrected chi connectivity index (χ0v) is 11.6. The van der Waals surface area contributed by atoms with Gasteiger partial charge >= 0.3 is 0 Å². The molecule has 0 bridgehead atoms. The molecule has 0 aliphatic carbocycles. The number of carbonyl (C=O) groups is 2. The number of carbonyl (C=O) groups excluding carboxylic acids is 2. The summed E-state index contributed by atoms with van der Waals surface area (Å²) < 4.78 is 5.34. The summed E-state index contributed by atoms with van der Waals surface area (Å²) in [5, 5.41) is 0. The van der Waals surface area contributed by atoms with E-state index in [1.165, 1.54) is 0 Å². The number of benzene rings is 2. The number of hydrogen-bond donors (Lipinski definition) is 0. The third-order valence-electron chi connectivity index (χ3n) is 2.96. The van der Waals surface area contributed by atoms with Crippen LogP contribution in [0.3, 0.4) is 0 Å². The number of ketones is 2. The van der Waals surface area contributed by atoms with Crippen molar-refractivity contribution in [3.8, 4) is 5.75 Å². The third-order valence-corrected chi connectivity index (χ3v) is 2.96. The Morgan fingerprint density at radius 1 is 0.905 bits per heavy atom. The SMILES string of the molecule is C=CCOc1ccc(C(=O)CC(=O)c2ccccc2)cc1. The molecule has 0 N–H and O–H groups in total. The monoisotopic (exact) mass is 280 g/mol. The predicted molar refractivity (Wildman–Crippen MR) is 81.9 cm³/mol. The van der Waals surface area contributed by atoms with Crippen LogP contribution in [0.15, 0.2) is 67.3 Å². The highest BCUT2D eigenvalue weighted by Gasteiger charge is 2.13. The quantitative estimate of drug-likeness (QED) is 0.441. The summed E-state index contributed by atoms with van der Waals surface area (Å²) in [5.41, 5.74) is 1.06. The van der Waals surface area contributed by atoms with Crippen molar-refractivity contribution in [3.63, 3.8) is 0 Å². The largest absolute Gasteiger partial charge is 0.490 e. The van der Waals surface area contributed by atoms with Crippen LogP contribution in [0.1, 0.15) is 27.1 Å². The van der Waals surface area contributed by atoms with Crippen molar-refractivity contribution < 1.29 is 14.3 Å². The minimum Gasteiger partial charge on any atom is -0.490 e. The average Bonchev–Trinajstić information content (AvgIpc) is 2.54. The fourth-order valence-corrected chi connectivity index (χ4v) is 1.87. The molecule has 2 rings (SSSR count). The topological polar surface area (TPSA) is 43.4 Å². The zero-order valence-electron chi connectivity index (χ0n) is 11.6. The normalized spacial score (nSPS) is 9.90. The maximum atomic E-state index is 12.1. The molecule has 3 heteroatoms. The van der Waals surface area contributed by atoms with Gasteiger partial charge in [-0.2, -0.15) is 0 Å². The third kappa shape index (κ3) is 4.14. The Morgan fingerprint density at radius 2 is 1.48 bits per heavy atom. The Kier molecular flexibility index (Phi) is 5.04. The van der Waals surface area contributed by atoms with Gasteiger partial charge in [0.25, 0.3) is 0 Å². The summed E-state index contributed by atoms with van der Waals surface area (Å²) in [5.74, 6) is 0.299. The first kappa shape index (κ1) is 14.7. The van der Waals surface area contributed by atoms with Crippen LogP contribution < -0.4 is 4.74 Å². The molecule has 0 saturated heterocycles. The standard InChI is InChI=1S/C18H16O3/c1-2-12-21-16-10-8-15(9-11-16)18(20)13-17(19)14-6-4-3-5-7-14/h2-11H,1,12-13H2. The lowest BCUT2D eigenvalue weighted by Gasteiger charge is -2.05. The van der Waals surface area contributed by atoms with Gasteiger partial charge < -0.3 is 4.74 Å². The van der Waals surface area contributed by atoms with Crippen LogP contribution in [0.5, 0.6) is 5.75 Å². The van der Waals surface area contributed by atoms with E-state index in [1.54, 1.807) is 54.6 Å². The van der Waals surface area contributed by atoms with Crippen LogP contribution in [0.25, 0.3) is 0 Å². The summed E-state index contributed by atoms with van der Waals surface area (Å²) in [6, 6.07) is 15.6. The molecule has 0 radical (unpaired) electrons. The molecule has 0 unspecified atom stereocenters. The summed E-state index contributed by atoms with van der Waals surface area (Å²) in [7, 11) is 0. The highest BCUT2D eigenvalue weighted by Crippen LogP contribution is 2.14. The molecule has 0 aliphatic rings. The molecule has 21 heavy (non-hydrogen) atoms. The van der Waals surface area contributed by atoms with Gasteiger partial charge in [-0.3, -0.25) is 9.59 Å². The van der Waals surface area contributed by atoms with Crippen LogP contribution in [0.4, 0.5) is 0 Å². The fourth-order valence-electron chi connectivity index (χ4n) is 1.87. The van der Waals surface area contributed by atoms with Crippen molar-refractivity contribution in [3.05, 3.63) is 78.4 Å². The maximum absolute atomic E-state index is 12.1. The number of Topliss-reactive ketones (excluding diaryl/α,β-unsaturated/α-hetero) is 2. The molecule has 2 aromatic rings. The Bertz CT molecular complexity index is 627. The Morgan fingerprint density at radius 3 is 2.05 bits per heavy atom. The minimum absolute atomic E-state index is 0.128. The maximum Gasteiger partial charge on any atom is 0.170 e. The molecular formula is C18H16O3. The molecule has 0 atom stereocenters. The van der Waals surface area contributed by atoms with E-state index >= 15 is 0 Å². The van der Waals surface area contributed by atoms with Crippen molar-refractivity contribution in [1.29, 1.82) is 0 Å².